The topological polar surface area (TPSA) is 88.5 Å². The Balaban J connectivity index is 0.00000181. The SMILES string of the molecule is CC.CC.CC(C)(C)OC(=O)CC(O)(c1ccccc1)c1ccnc(-c2ccccc2)c1NC(=O)C(C)(C)C. The number of esters is 1. The highest BCUT2D eigenvalue weighted by Crippen LogP contribution is 2.42. The van der Waals surface area contributed by atoms with E-state index < -0.39 is 22.6 Å². The van der Waals surface area contributed by atoms with E-state index in [1.165, 1.54) is 0 Å². The summed E-state index contributed by atoms with van der Waals surface area (Å²) in [7, 11) is 0. The molecule has 0 aliphatic carbocycles. The highest BCUT2D eigenvalue weighted by atomic mass is 16.6. The van der Waals surface area contributed by atoms with Crippen molar-refractivity contribution < 1.29 is 19.4 Å². The number of carbonyl (C=O) groups is 2. The fourth-order valence-electron chi connectivity index (χ4n) is 3.70. The summed E-state index contributed by atoms with van der Waals surface area (Å²) in [5.41, 5.74) is -0.707. The monoisotopic (exact) mass is 534 g/mol. The average molecular weight is 535 g/mol. The third kappa shape index (κ3) is 9.32. The first kappa shape index (κ1) is 33.5. The van der Waals surface area contributed by atoms with Crippen LogP contribution in [-0.2, 0) is 19.9 Å². The summed E-state index contributed by atoms with van der Waals surface area (Å²) in [6.45, 7) is 18.8. The summed E-state index contributed by atoms with van der Waals surface area (Å²) in [4.78, 5) is 30.7. The first-order valence-electron chi connectivity index (χ1n) is 13.7. The first-order valence-corrected chi connectivity index (χ1v) is 13.7. The molecule has 1 aromatic heterocycles. The highest BCUT2D eigenvalue weighted by molar-refractivity contribution is 5.99. The zero-order chi connectivity index (χ0) is 29.9. The number of pyridine rings is 1. The Morgan fingerprint density at radius 1 is 0.821 bits per heavy atom. The predicted molar refractivity (Wildman–Crippen MR) is 160 cm³/mol. The van der Waals surface area contributed by atoms with Crippen LogP contribution in [0.1, 0.15) is 86.8 Å². The minimum absolute atomic E-state index is 0.239. The third-order valence-electron chi connectivity index (χ3n) is 5.44. The van der Waals surface area contributed by atoms with E-state index in [0.29, 0.717) is 22.5 Å². The zero-order valence-corrected chi connectivity index (χ0v) is 25.3. The molecule has 6 nitrogen and oxygen atoms in total. The van der Waals surface area contributed by atoms with Gasteiger partial charge in [0.15, 0.2) is 0 Å². The number of benzene rings is 2. The standard InChI is InChI=1S/C29H34N2O4.2C2H6/c1-27(2,3)26(33)31-25-22(17-18-30-24(25)20-13-9-7-10-14-20)29(34,21-15-11-8-12-16-21)19-23(32)35-28(4,5)6;2*1-2/h7-18,34H,19H2,1-6H3,(H,31,33);2*1-2H3. The van der Waals surface area contributed by atoms with Crippen LogP contribution in [0.2, 0.25) is 0 Å². The van der Waals surface area contributed by atoms with Gasteiger partial charge in [0.2, 0.25) is 5.91 Å². The zero-order valence-electron chi connectivity index (χ0n) is 25.3. The molecule has 0 spiro atoms. The van der Waals surface area contributed by atoms with Crippen molar-refractivity contribution in [2.75, 3.05) is 5.32 Å². The summed E-state index contributed by atoms with van der Waals surface area (Å²) in [6, 6.07) is 20.0. The van der Waals surface area contributed by atoms with E-state index in [1.807, 2.05) is 84.9 Å². The van der Waals surface area contributed by atoms with Crippen molar-refractivity contribution in [1.29, 1.82) is 0 Å². The van der Waals surface area contributed by atoms with Crippen LogP contribution in [0.3, 0.4) is 0 Å². The second kappa shape index (κ2) is 14.6. The molecule has 0 aliphatic rings. The molecule has 6 heteroatoms. The molecule has 0 bridgehead atoms. The summed E-state index contributed by atoms with van der Waals surface area (Å²) in [5, 5.41) is 15.2. The molecule has 1 atom stereocenters. The maximum Gasteiger partial charge on any atom is 0.309 e. The minimum Gasteiger partial charge on any atom is -0.460 e. The molecule has 39 heavy (non-hydrogen) atoms. The molecular formula is C33H46N2O4. The summed E-state index contributed by atoms with van der Waals surface area (Å²) in [5.74, 6) is -0.799. The van der Waals surface area contributed by atoms with E-state index >= 15 is 0 Å². The molecule has 2 aromatic carbocycles. The maximum absolute atomic E-state index is 13.1. The van der Waals surface area contributed by atoms with Gasteiger partial charge in [0, 0.05) is 22.7 Å². The van der Waals surface area contributed by atoms with Crippen LogP contribution in [0.4, 0.5) is 5.69 Å². The molecule has 1 amide bonds. The van der Waals surface area contributed by atoms with Crippen LogP contribution in [0, 0.1) is 5.41 Å². The van der Waals surface area contributed by atoms with Gasteiger partial charge < -0.3 is 15.2 Å². The minimum atomic E-state index is -1.78. The molecule has 212 valence electrons. The Morgan fingerprint density at radius 2 is 1.33 bits per heavy atom. The van der Waals surface area contributed by atoms with Gasteiger partial charge in [-0.05, 0) is 32.4 Å². The number of nitrogens with zero attached hydrogens (tertiary/aromatic N) is 1. The van der Waals surface area contributed by atoms with Crippen molar-refractivity contribution in [2.24, 2.45) is 5.41 Å². The number of anilines is 1. The van der Waals surface area contributed by atoms with Gasteiger partial charge in [0.1, 0.15) is 11.2 Å². The molecule has 1 heterocycles. The Labute approximate surface area is 234 Å². The molecule has 0 saturated carbocycles. The molecule has 0 fully saturated rings. The van der Waals surface area contributed by atoms with Crippen LogP contribution in [0.5, 0.6) is 0 Å². The number of rotatable bonds is 6. The van der Waals surface area contributed by atoms with Gasteiger partial charge in [-0.25, -0.2) is 0 Å². The van der Waals surface area contributed by atoms with Gasteiger partial charge in [-0.15, -0.1) is 0 Å². The number of aromatic nitrogens is 1. The predicted octanol–water partition coefficient (Wildman–Crippen LogP) is 7.75. The highest BCUT2D eigenvalue weighted by Gasteiger charge is 2.39. The maximum atomic E-state index is 13.1. The third-order valence-corrected chi connectivity index (χ3v) is 5.44. The van der Waals surface area contributed by atoms with E-state index in [1.54, 1.807) is 57.3 Å². The largest absolute Gasteiger partial charge is 0.460 e. The summed E-state index contributed by atoms with van der Waals surface area (Å²) in [6.07, 6.45) is 1.23. The van der Waals surface area contributed by atoms with Crippen molar-refractivity contribution in [2.45, 2.75) is 86.9 Å². The van der Waals surface area contributed by atoms with E-state index in [0.717, 1.165) is 5.56 Å². The molecule has 3 aromatic rings. The molecule has 2 N–H and O–H groups in total. The summed E-state index contributed by atoms with van der Waals surface area (Å²) < 4.78 is 5.56. The quantitative estimate of drug-likeness (QED) is 0.316. The van der Waals surface area contributed by atoms with Crippen molar-refractivity contribution in [3.05, 3.63) is 84.1 Å². The van der Waals surface area contributed by atoms with E-state index in [4.69, 9.17) is 4.74 Å². The molecule has 0 saturated heterocycles. The van der Waals surface area contributed by atoms with Crippen LogP contribution >= 0.6 is 0 Å². The molecule has 3 rings (SSSR count). The van der Waals surface area contributed by atoms with Crippen LogP contribution in [0.15, 0.2) is 72.9 Å². The van der Waals surface area contributed by atoms with Crippen LogP contribution in [0.25, 0.3) is 11.3 Å². The Morgan fingerprint density at radius 3 is 1.82 bits per heavy atom. The number of hydrogen-bond acceptors (Lipinski definition) is 5. The van der Waals surface area contributed by atoms with Crippen molar-refractivity contribution in [3.63, 3.8) is 0 Å². The van der Waals surface area contributed by atoms with Gasteiger partial charge >= 0.3 is 5.97 Å². The second-order valence-corrected chi connectivity index (χ2v) is 10.6. The lowest BCUT2D eigenvalue weighted by molar-refractivity contribution is -0.159. The number of carbonyl (C=O) groups excluding carboxylic acids is 2. The van der Waals surface area contributed by atoms with Gasteiger partial charge in [-0.2, -0.15) is 0 Å². The van der Waals surface area contributed by atoms with Gasteiger partial charge in [-0.1, -0.05) is 109 Å². The fourth-order valence-corrected chi connectivity index (χ4v) is 3.70. The fraction of sp³-hybridized carbons (Fsp3) is 0.424. The van der Waals surface area contributed by atoms with Gasteiger partial charge in [-0.3, -0.25) is 14.6 Å². The number of amides is 1. The molecule has 0 radical (unpaired) electrons. The van der Waals surface area contributed by atoms with Gasteiger partial charge in [0.25, 0.3) is 0 Å². The van der Waals surface area contributed by atoms with Crippen molar-refractivity contribution in [3.8, 4) is 11.3 Å². The average Bonchev–Trinajstić information content (AvgIpc) is 2.90. The van der Waals surface area contributed by atoms with Crippen molar-refractivity contribution >= 4 is 17.6 Å². The second-order valence-electron chi connectivity index (χ2n) is 10.6. The normalized spacial score (nSPS) is 12.5. The Hall–Kier alpha value is -3.51. The summed E-state index contributed by atoms with van der Waals surface area (Å²) >= 11 is 0. The Kier molecular flexibility index (Phi) is 12.5. The molecule has 0 aliphatic heterocycles. The number of nitrogens with one attached hydrogen (secondary N) is 1. The number of ether oxygens (including phenoxy) is 1. The molecule has 1 unspecified atom stereocenters. The number of hydrogen-bond donors (Lipinski definition) is 2. The Bertz CT molecular complexity index is 1180. The van der Waals surface area contributed by atoms with Gasteiger partial charge in [0.05, 0.1) is 17.8 Å². The lowest BCUT2D eigenvalue weighted by Gasteiger charge is -2.33. The number of aliphatic hydroxyl groups is 1. The van der Waals surface area contributed by atoms with E-state index in [-0.39, 0.29) is 12.3 Å². The van der Waals surface area contributed by atoms with Crippen molar-refractivity contribution in [1.82, 2.24) is 4.98 Å². The van der Waals surface area contributed by atoms with E-state index in [9.17, 15) is 14.7 Å². The first-order chi connectivity index (χ1) is 18.3. The van der Waals surface area contributed by atoms with Crippen LogP contribution in [-0.4, -0.2) is 27.6 Å². The lowest BCUT2D eigenvalue weighted by Crippen LogP contribution is -2.36. The lowest BCUT2D eigenvalue weighted by atomic mass is 9.81. The van der Waals surface area contributed by atoms with E-state index in [2.05, 4.69) is 10.3 Å². The smallest absolute Gasteiger partial charge is 0.309 e. The van der Waals surface area contributed by atoms with Crippen LogP contribution < -0.4 is 5.32 Å². The molecular weight excluding hydrogens is 488 g/mol.